The Kier molecular flexibility index (Phi) is 9.61. The normalized spacial score (nSPS) is 13.7. The van der Waals surface area contributed by atoms with E-state index in [1.807, 2.05) is 43.5 Å². The molecular formula is C22H32N6O4S. The maximum atomic E-state index is 13.1. The van der Waals surface area contributed by atoms with Crippen molar-refractivity contribution in [3.63, 3.8) is 0 Å². The van der Waals surface area contributed by atoms with Crippen LogP contribution in [0.1, 0.15) is 39.2 Å². The summed E-state index contributed by atoms with van der Waals surface area (Å²) in [6.45, 7) is 5.56. The van der Waals surface area contributed by atoms with Crippen molar-refractivity contribution in [1.29, 1.82) is 0 Å². The molecule has 2 aromatic rings. The van der Waals surface area contributed by atoms with Gasteiger partial charge in [0.05, 0.1) is 6.04 Å². The highest BCUT2D eigenvalue weighted by molar-refractivity contribution is 7.17. The standard InChI is InChI=1S/C22H32N6O4S/c1-4-15(23)20(30)27-28-22(32)26-17(21(31)25-16(19(24)29)9-12(2)3)10-13-11-33-18-8-6-5-7-14(13)18/h5-8,11-12,15-17H,4,9-10,23H2,1-3H3,(H2,24,29)(H,25,31)(H,27,30)(H2,26,28,32)/t15-,16+,17+/m1/s1. The lowest BCUT2D eigenvalue weighted by molar-refractivity contribution is -0.128. The largest absolute Gasteiger partial charge is 0.368 e. The first-order valence-electron chi connectivity index (χ1n) is 10.8. The van der Waals surface area contributed by atoms with E-state index >= 15 is 0 Å². The topological polar surface area (TPSA) is 168 Å². The van der Waals surface area contributed by atoms with Crippen LogP contribution in [-0.2, 0) is 20.8 Å². The number of primary amides is 1. The first-order valence-corrected chi connectivity index (χ1v) is 11.7. The van der Waals surface area contributed by atoms with Crippen molar-refractivity contribution in [2.24, 2.45) is 17.4 Å². The van der Waals surface area contributed by atoms with Crippen LogP contribution in [-0.4, -0.2) is 41.9 Å². The molecule has 1 heterocycles. The molecule has 0 saturated carbocycles. The van der Waals surface area contributed by atoms with Crippen LogP contribution < -0.4 is 33.0 Å². The Hall–Kier alpha value is -3.18. The zero-order valence-corrected chi connectivity index (χ0v) is 19.8. The van der Waals surface area contributed by atoms with E-state index in [1.54, 1.807) is 6.92 Å². The van der Waals surface area contributed by atoms with E-state index in [0.717, 1.165) is 15.6 Å². The fourth-order valence-electron chi connectivity index (χ4n) is 3.20. The van der Waals surface area contributed by atoms with E-state index < -0.39 is 41.9 Å². The quantitative estimate of drug-likeness (QED) is 0.280. The summed E-state index contributed by atoms with van der Waals surface area (Å²) in [5.41, 5.74) is 16.4. The van der Waals surface area contributed by atoms with Gasteiger partial charge >= 0.3 is 6.03 Å². The van der Waals surface area contributed by atoms with Gasteiger partial charge in [0.2, 0.25) is 11.8 Å². The molecule has 0 aliphatic heterocycles. The first-order chi connectivity index (χ1) is 15.6. The molecule has 8 N–H and O–H groups in total. The Labute approximate surface area is 196 Å². The number of rotatable bonds is 10. The van der Waals surface area contributed by atoms with Crippen LogP contribution in [0.2, 0.25) is 0 Å². The molecule has 10 nitrogen and oxygen atoms in total. The van der Waals surface area contributed by atoms with Gasteiger partial charge in [-0.2, -0.15) is 0 Å². The summed E-state index contributed by atoms with van der Waals surface area (Å²) in [5, 5.41) is 8.10. The summed E-state index contributed by atoms with van der Waals surface area (Å²) in [7, 11) is 0. The van der Waals surface area contributed by atoms with Crippen molar-refractivity contribution in [3.8, 4) is 0 Å². The second-order valence-electron chi connectivity index (χ2n) is 8.21. The number of urea groups is 1. The average molecular weight is 477 g/mol. The number of fused-ring (bicyclic) bond motifs is 1. The smallest absolute Gasteiger partial charge is 0.334 e. The van der Waals surface area contributed by atoms with Crippen LogP contribution in [0.3, 0.4) is 0 Å². The predicted octanol–water partition coefficient (Wildman–Crippen LogP) is 0.896. The van der Waals surface area contributed by atoms with Gasteiger partial charge in [0.25, 0.3) is 5.91 Å². The van der Waals surface area contributed by atoms with Gasteiger partial charge in [-0.05, 0) is 41.2 Å². The zero-order valence-electron chi connectivity index (χ0n) is 19.0. The van der Waals surface area contributed by atoms with Crippen molar-refractivity contribution in [3.05, 3.63) is 35.2 Å². The van der Waals surface area contributed by atoms with Gasteiger partial charge in [-0.3, -0.25) is 19.8 Å². The molecule has 0 aliphatic carbocycles. The number of nitrogens with one attached hydrogen (secondary N) is 4. The van der Waals surface area contributed by atoms with E-state index in [9.17, 15) is 19.2 Å². The van der Waals surface area contributed by atoms with E-state index in [0.29, 0.717) is 12.8 Å². The van der Waals surface area contributed by atoms with Crippen LogP contribution in [0.4, 0.5) is 4.79 Å². The van der Waals surface area contributed by atoms with E-state index in [2.05, 4.69) is 21.5 Å². The molecule has 11 heteroatoms. The molecule has 0 radical (unpaired) electrons. The molecule has 0 bridgehead atoms. The minimum absolute atomic E-state index is 0.122. The summed E-state index contributed by atoms with van der Waals surface area (Å²) in [5.74, 6) is -1.64. The third-order valence-corrected chi connectivity index (χ3v) is 6.06. The summed E-state index contributed by atoms with van der Waals surface area (Å²) in [6.07, 6.45) is 0.945. The summed E-state index contributed by atoms with van der Waals surface area (Å²) < 4.78 is 1.05. The Morgan fingerprint density at radius 3 is 2.33 bits per heavy atom. The molecule has 0 unspecified atom stereocenters. The number of carbonyl (C=O) groups excluding carboxylic acids is 4. The number of hydrogen-bond acceptors (Lipinski definition) is 6. The van der Waals surface area contributed by atoms with Crippen molar-refractivity contribution in [2.45, 2.75) is 58.2 Å². The Morgan fingerprint density at radius 1 is 1.00 bits per heavy atom. The van der Waals surface area contributed by atoms with Crippen molar-refractivity contribution >= 4 is 45.2 Å². The SMILES string of the molecule is CC[C@@H](N)C(=O)NNC(=O)N[C@@H](Cc1csc2ccccc12)C(=O)N[C@@H](CC(C)C)C(N)=O. The molecule has 2 rings (SSSR count). The number of hydrogen-bond donors (Lipinski definition) is 6. The lowest BCUT2D eigenvalue weighted by atomic mass is 10.0. The fourth-order valence-corrected chi connectivity index (χ4v) is 4.18. The highest BCUT2D eigenvalue weighted by Gasteiger charge is 2.27. The number of carbonyl (C=O) groups is 4. The molecule has 5 amide bonds. The number of benzene rings is 1. The van der Waals surface area contributed by atoms with E-state index in [1.165, 1.54) is 11.3 Å². The monoisotopic (exact) mass is 476 g/mol. The van der Waals surface area contributed by atoms with Gasteiger partial charge in [0.15, 0.2) is 0 Å². The number of nitrogens with two attached hydrogens (primary N) is 2. The van der Waals surface area contributed by atoms with Gasteiger partial charge < -0.3 is 22.1 Å². The predicted molar refractivity (Wildman–Crippen MR) is 128 cm³/mol. The highest BCUT2D eigenvalue weighted by Crippen LogP contribution is 2.26. The third-order valence-electron chi connectivity index (χ3n) is 5.05. The van der Waals surface area contributed by atoms with Gasteiger partial charge in [-0.25, -0.2) is 10.2 Å². The molecule has 3 atom stereocenters. The maximum absolute atomic E-state index is 13.1. The van der Waals surface area contributed by atoms with Gasteiger partial charge in [0, 0.05) is 11.1 Å². The zero-order chi connectivity index (χ0) is 24.5. The van der Waals surface area contributed by atoms with Gasteiger partial charge in [-0.15, -0.1) is 11.3 Å². The maximum Gasteiger partial charge on any atom is 0.334 e. The summed E-state index contributed by atoms with van der Waals surface area (Å²) >= 11 is 1.53. The summed E-state index contributed by atoms with van der Waals surface area (Å²) in [6, 6.07) is 4.28. The first kappa shape index (κ1) is 26.1. The third kappa shape index (κ3) is 7.72. The second-order valence-corrected chi connectivity index (χ2v) is 9.12. The van der Waals surface area contributed by atoms with Crippen LogP contribution in [0.5, 0.6) is 0 Å². The number of amides is 5. The minimum Gasteiger partial charge on any atom is -0.368 e. The molecule has 0 fully saturated rings. The molecule has 0 spiro atoms. The van der Waals surface area contributed by atoms with Crippen molar-refractivity contribution in [1.82, 2.24) is 21.5 Å². The lowest BCUT2D eigenvalue weighted by Crippen LogP contribution is -2.58. The van der Waals surface area contributed by atoms with Gasteiger partial charge in [-0.1, -0.05) is 39.0 Å². The lowest BCUT2D eigenvalue weighted by Gasteiger charge is -2.23. The number of thiophene rings is 1. The van der Waals surface area contributed by atoms with Crippen LogP contribution >= 0.6 is 11.3 Å². The van der Waals surface area contributed by atoms with Crippen LogP contribution in [0, 0.1) is 5.92 Å². The Bertz CT molecular complexity index is 992. The van der Waals surface area contributed by atoms with Gasteiger partial charge in [0.1, 0.15) is 12.1 Å². The summed E-state index contributed by atoms with van der Waals surface area (Å²) in [4.78, 5) is 49.1. The molecule has 1 aromatic carbocycles. The highest BCUT2D eigenvalue weighted by atomic mass is 32.1. The number of hydrazine groups is 1. The van der Waals surface area contributed by atoms with Crippen molar-refractivity contribution in [2.75, 3.05) is 0 Å². The molecule has 0 saturated heterocycles. The van der Waals surface area contributed by atoms with Crippen LogP contribution in [0.25, 0.3) is 10.1 Å². The molecule has 180 valence electrons. The molecular weight excluding hydrogens is 444 g/mol. The van der Waals surface area contributed by atoms with E-state index in [4.69, 9.17) is 11.5 Å². The minimum atomic E-state index is -1.02. The molecule has 33 heavy (non-hydrogen) atoms. The second kappa shape index (κ2) is 12.2. The Morgan fingerprint density at radius 2 is 1.70 bits per heavy atom. The average Bonchev–Trinajstić information content (AvgIpc) is 3.18. The van der Waals surface area contributed by atoms with Crippen LogP contribution in [0.15, 0.2) is 29.6 Å². The molecule has 1 aromatic heterocycles. The Balaban J connectivity index is 2.17. The van der Waals surface area contributed by atoms with E-state index in [-0.39, 0.29) is 12.3 Å². The fraction of sp³-hybridized carbons (Fsp3) is 0.455. The van der Waals surface area contributed by atoms with Crippen molar-refractivity contribution < 1.29 is 19.2 Å². The molecule has 0 aliphatic rings.